The average molecular weight is 194 g/mol. The lowest BCUT2D eigenvalue weighted by Gasteiger charge is -2.11. The Kier molecular flexibility index (Phi) is 2.68. The van der Waals surface area contributed by atoms with Gasteiger partial charge in [-0.3, -0.25) is 0 Å². The summed E-state index contributed by atoms with van der Waals surface area (Å²) in [4.78, 5) is 0. The minimum Gasteiger partial charge on any atom is -0.106 e. The molecule has 0 aromatic heterocycles. The van der Waals surface area contributed by atoms with E-state index in [9.17, 15) is 0 Å². The summed E-state index contributed by atoms with van der Waals surface area (Å²) in [5.41, 5.74) is 2.81. The van der Waals surface area contributed by atoms with Gasteiger partial charge in [0.05, 0.1) is 0 Å². The highest BCUT2D eigenvalue weighted by molar-refractivity contribution is 5.94. The van der Waals surface area contributed by atoms with Crippen molar-refractivity contribution in [2.45, 2.75) is 6.42 Å². The molecule has 0 heteroatoms. The maximum Gasteiger partial charge on any atom is -0.00763 e. The first-order valence-corrected chi connectivity index (χ1v) is 5.12. The Morgan fingerprint density at radius 2 is 1.67 bits per heavy atom. The summed E-state index contributed by atoms with van der Waals surface area (Å²) < 4.78 is 0. The fourth-order valence-corrected chi connectivity index (χ4v) is 2.07. The molecular weight excluding hydrogens is 180 g/mol. The van der Waals surface area contributed by atoms with Crippen LogP contribution in [0.25, 0.3) is 16.8 Å². The van der Waals surface area contributed by atoms with Crippen molar-refractivity contribution < 1.29 is 0 Å². The number of hydrogen-bond acceptors (Lipinski definition) is 0. The van der Waals surface area contributed by atoms with Crippen molar-refractivity contribution in [1.29, 1.82) is 0 Å². The minimum absolute atomic E-state index is 1.08. The maximum atomic E-state index is 3.00. The van der Waals surface area contributed by atoms with Gasteiger partial charge in [0.2, 0.25) is 0 Å². The topological polar surface area (TPSA) is 0 Å². The molecule has 0 atom stereocenters. The van der Waals surface area contributed by atoms with Gasteiger partial charge in [-0.2, -0.15) is 0 Å². The second kappa shape index (κ2) is 4.14. The van der Waals surface area contributed by atoms with Crippen molar-refractivity contribution in [2.24, 2.45) is 0 Å². The maximum absolute atomic E-state index is 3.00. The molecule has 2 aromatic rings. The number of hydrogen-bond donors (Lipinski definition) is 0. The Morgan fingerprint density at radius 1 is 0.933 bits per heavy atom. The van der Waals surface area contributed by atoms with E-state index in [2.05, 4.69) is 61.7 Å². The molecule has 3 rings (SSSR count). The van der Waals surface area contributed by atoms with Crippen LogP contribution < -0.4 is 0 Å². The van der Waals surface area contributed by atoms with Crippen LogP contribution in [-0.4, -0.2) is 0 Å². The highest BCUT2D eigenvalue weighted by Gasteiger charge is 2.06. The fraction of sp³-hybridized carbons (Fsp3) is 0.0667. The molecule has 1 aliphatic rings. The fourth-order valence-electron chi connectivity index (χ4n) is 2.07. The standard InChI is InChI=1S/C13H10.C2H4/c1-4-10-6-2-8-12-9-3-7-11(5-1)13(10)12;1-2/h1-8H,9H2;1-2H2. The first-order chi connectivity index (χ1) is 7.45. The monoisotopic (exact) mass is 194 g/mol. The molecule has 1 aliphatic carbocycles. The van der Waals surface area contributed by atoms with Crippen molar-refractivity contribution in [1.82, 2.24) is 0 Å². The summed E-state index contributed by atoms with van der Waals surface area (Å²) in [6.07, 6.45) is 5.53. The Morgan fingerprint density at radius 3 is 2.47 bits per heavy atom. The molecule has 0 amide bonds. The molecule has 2 aromatic carbocycles. The summed E-state index contributed by atoms with van der Waals surface area (Å²) in [6.45, 7) is 6.00. The van der Waals surface area contributed by atoms with E-state index in [-0.39, 0.29) is 0 Å². The quantitative estimate of drug-likeness (QED) is 0.551. The lowest BCUT2D eigenvalue weighted by molar-refractivity contribution is 1.29. The van der Waals surface area contributed by atoms with Crippen LogP contribution in [0.2, 0.25) is 0 Å². The van der Waals surface area contributed by atoms with Gasteiger partial charge in [-0.1, -0.05) is 48.6 Å². The predicted octanol–water partition coefficient (Wildman–Crippen LogP) is 4.21. The van der Waals surface area contributed by atoms with Gasteiger partial charge >= 0.3 is 0 Å². The second-order valence-electron chi connectivity index (χ2n) is 3.47. The van der Waals surface area contributed by atoms with E-state index < -0.39 is 0 Å². The zero-order chi connectivity index (χ0) is 10.7. The van der Waals surface area contributed by atoms with Gasteiger partial charge in [-0.05, 0) is 28.3 Å². The van der Waals surface area contributed by atoms with Crippen molar-refractivity contribution in [3.05, 3.63) is 66.8 Å². The van der Waals surface area contributed by atoms with Gasteiger partial charge < -0.3 is 0 Å². The van der Waals surface area contributed by atoms with Crippen molar-refractivity contribution >= 4 is 16.8 Å². The van der Waals surface area contributed by atoms with Crippen LogP contribution in [0.15, 0.2) is 55.6 Å². The lowest BCUT2D eigenvalue weighted by Crippen LogP contribution is -1.91. The molecule has 0 saturated heterocycles. The van der Waals surface area contributed by atoms with Crippen molar-refractivity contribution in [3.8, 4) is 0 Å². The number of benzene rings is 2. The van der Waals surface area contributed by atoms with E-state index in [0.29, 0.717) is 0 Å². The molecule has 0 heterocycles. The van der Waals surface area contributed by atoms with Crippen LogP contribution >= 0.6 is 0 Å². The Hall–Kier alpha value is -1.82. The Labute approximate surface area is 90.6 Å². The Balaban J connectivity index is 0.000000404. The molecule has 0 fully saturated rings. The third kappa shape index (κ3) is 1.59. The van der Waals surface area contributed by atoms with E-state index in [4.69, 9.17) is 0 Å². The van der Waals surface area contributed by atoms with Crippen LogP contribution in [0.4, 0.5) is 0 Å². The second-order valence-corrected chi connectivity index (χ2v) is 3.47. The first kappa shape index (κ1) is 9.72. The summed E-state index contributed by atoms with van der Waals surface area (Å²) >= 11 is 0. The van der Waals surface area contributed by atoms with Gasteiger partial charge in [0.15, 0.2) is 0 Å². The molecular formula is C15H14. The normalized spacial score (nSPS) is 12.0. The van der Waals surface area contributed by atoms with Gasteiger partial charge in [0, 0.05) is 0 Å². The third-order valence-electron chi connectivity index (χ3n) is 2.66. The Bertz CT molecular complexity index is 501. The molecule has 0 bridgehead atoms. The smallest absolute Gasteiger partial charge is 0.00763 e. The van der Waals surface area contributed by atoms with Crippen LogP contribution in [0, 0.1) is 0 Å². The molecule has 0 unspecified atom stereocenters. The van der Waals surface area contributed by atoms with Crippen molar-refractivity contribution in [2.75, 3.05) is 0 Å². The van der Waals surface area contributed by atoms with E-state index in [0.717, 1.165) is 6.42 Å². The first-order valence-electron chi connectivity index (χ1n) is 5.12. The van der Waals surface area contributed by atoms with Crippen LogP contribution in [0.1, 0.15) is 11.1 Å². The molecule has 0 aliphatic heterocycles. The van der Waals surface area contributed by atoms with E-state index >= 15 is 0 Å². The lowest BCUT2D eigenvalue weighted by atomic mass is 9.93. The molecule has 0 radical (unpaired) electrons. The summed E-state index contributed by atoms with van der Waals surface area (Å²) in [6, 6.07) is 13.0. The van der Waals surface area contributed by atoms with Gasteiger partial charge in [0.25, 0.3) is 0 Å². The zero-order valence-corrected chi connectivity index (χ0v) is 8.74. The van der Waals surface area contributed by atoms with Crippen LogP contribution in [-0.2, 0) is 6.42 Å². The van der Waals surface area contributed by atoms with E-state index in [1.807, 2.05) is 0 Å². The highest BCUT2D eigenvalue weighted by Crippen LogP contribution is 2.27. The third-order valence-corrected chi connectivity index (χ3v) is 2.66. The average Bonchev–Trinajstić information content (AvgIpc) is 2.33. The zero-order valence-electron chi connectivity index (χ0n) is 8.74. The molecule has 0 spiro atoms. The SMILES string of the molecule is C1=Cc2cccc3cccc(c23)C1.C=C. The minimum atomic E-state index is 1.08. The highest BCUT2D eigenvalue weighted by atomic mass is 14.1. The van der Waals surface area contributed by atoms with Gasteiger partial charge in [-0.15, -0.1) is 13.2 Å². The molecule has 0 saturated carbocycles. The number of allylic oxidation sites excluding steroid dienone is 1. The summed E-state index contributed by atoms with van der Waals surface area (Å²) in [7, 11) is 0. The van der Waals surface area contributed by atoms with Crippen LogP contribution in [0.3, 0.4) is 0 Å². The molecule has 0 N–H and O–H groups in total. The number of rotatable bonds is 0. The van der Waals surface area contributed by atoms with Crippen molar-refractivity contribution in [3.63, 3.8) is 0 Å². The predicted molar refractivity (Wildman–Crippen MR) is 67.9 cm³/mol. The van der Waals surface area contributed by atoms with E-state index in [1.54, 1.807) is 0 Å². The van der Waals surface area contributed by atoms with Gasteiger partial charge in [0.1, 0.15) is 0 Å². The summed E-state index contributed by atoms with van der Waals surface area (Å²) in [5.74, 6) is 0. The van der Waals surface area contributed by atoms with Crippen LogP contribution in [0.5, 0.6) is 0 Å². The van der Waals surface area contributed by atoms with E-state index in [1.165, 1.54) is 21.9 Å². The largest absolute Gasteiger partial charge is 0.106 e. The molecule has 74 valence electrons. The molecule has 15 heavy (non-hydrogen) atoms. The molecule has 0 nitrogen and oxygen atoms in total. The summed E-state index contributed by atoms with van der Waals surface area (Å²) in [5, 5.41) is 2.80. The van der Waals surface area contributed by atoms with Gasteiger partial charge in [-0.25, -0.2) is 0 Å².